The highest BCUT2D eigenvalue weighted by molar-refractivity contribution is 7.08. The zero-order chi connectivity index (χ0) is 11.1. The van der Waals surface area contributed by atoms with Crippen LogP contribution in [0.25, 0.3) is 0 Å². The lowest BCUT2D eigenvalue weighted by Crippen LogP contribution is -2.37. The Morgan fingerprint density at radius 1 is 1.73 bits per heavy atom. The number of hydrogen-bond donors (Lipinski definition) is 3. The molecule has 1 heterocycles. The fourth-order valence-electron chi connectivity index (χ4n) is 1.08. The minimum Gasteiger partial charge on any atom is -0.382 e. The highest BCUT2D eigenvalue weighted by Gasteiger charge is 2.02. The first-order chi connectivity index (χ1) is 7.26. The Morgan fingerprint density at radius 2 is 2.53 bits per heavy atom. The van der Waals surface area contributed by atoms with Gasteiger partial charge in [0.05, 0.1) is 18.3 Å². The van der Waals surface area contributed by atoms with Crippen molar-refractivity contribution in [2.24, 2.45) is 10.8 Å². The summed E-state index contributed by atoms with van der Waals surface area (Å²) in [5.41, 5.74) is 3.49. The molecule has 1 rings (SSSR count). The Labute approximate surface area is 93.3 Å². The molecule has 0 bridgehead atoms. The number of hydrogen-bond acceptors (Lipinski definition) is 4. The van der Waals surface area contributed by atoms with Crippen LogP contribution in [0.5, 0.6) is 0 Å². The minimum absolute atomic E-state index is 0.0622. The van der Waals surface area contributed by atoms with Crippen LogP contribution in [0.4, 0.5) is 5.69 Å². The lowest BCUT2D eigenvalue weighted by molar-refractivity contribution is 0.185. The molecule has 0 fully saturated rings. The number of nitrogens with zero attached hydrogens (tertiary/aromatic N) is 1. The van der Waals surface area contributed by atoms with Gasteiger partial charge in [-0.1, -0.05) is 0 Å². The molecular weight excluding hydrogens is 212 g/mol. The lowest BCUT2D eigenvalue weighted by atomic mass is 10.4. The molecule has 1 aromatic rings. The van der Waals surface area contributed by atoms with Crippen molar-refractivity contribution < 1.29 is 4.74 Å². The summed E-state index contributed by atoms with van der Waals surface area (Å²) in [4.78, 5) is 4.31. The van der Waals surface area contributed by atoms with E-state index in [9.17, 15) is 0 Å². The highest BCUT2D eigenvalue weighted by Crippen LogP contribution is 2.11. The van der Waals surface area contributed by atoms with Crippen molar-refractivity contribution in [3.63, 3.8) is 0 Å². The second kappa shape index (κ2) is 6.39. The normalized spacial score (nSPS) is 13.7. The number of aliphatic imine (C=N–C) groups is 1. The first-order valence-corrected chi connectivity index (χ1v) is 5.53. The van der Waals surface area contributed by atoms with E-state index in [1.807, 2.05) is 23.8 Å². The molecule has 15 heavy (non-hydrogen) atoms. The van der Waals surface area contributed by atoms with Crippen molar-refractivity contribution in [1.29, 1.82) is 0 Å². The fourth-order valence-corrected chi connectivity index (χ4v) is 1.66. The van der Waals surface area contributed by atoms with Gasteiger partial charge in [0, 0.05) is 12.5 Å². The standard InChI is InChI=1S/C9H16N4OS/c1-7(5-14-2)11-9(13-10)12-8-3-4-15-6-8/h3-4,6-7H,5,10H2,1-2H3,(H2,11,12,13). The molecule has 5 nitrogen and oxygen atoms in total. The fraction of sp³-hybridized carbons (Fsp3) is 0.444. The van der Waals surface area contributed by atoms with Gasteiger partial charge < -0.3 is 10.1 Å². The number of rotatable bonds is 4. The van der Waals surface area contributed by atoms with Gasteiger partial charge in [0.1, 0.15) is 0 Å². The zero-order valence-corrected chi connectivity index (χ0v) is 9.67. The molecule has 0 spiro atoms. The van der Waals surface area contributed by atoms with Crippen molar-refractivity contribution >= 4 is 23.0 Å². The molecule has 6 heteroatoms. The number of methoxy groups -OCH3 is 1. The van der Waals surface area contributed by atoms with E-state index in [0.717, 1.165) is 5.69 Å². The maximum absolute atomic E-state index is 5.35. The number of thiophene rings is 1. The summed E-state index contributed by atoms with van der Waals surface area (Å²) < 4.78 is 4.98. The van der Waals surface area contributed by atoms with Crippen LogP contribution in [-0.2, 0) is 4.74 Å². The third-order valence-corrected chi connectivity index (χ3v) is 2.36. The summed E-state index contributed by atoms with van der Waals surface area (Å²) in [6.07, 6.45) is 0. The number of hydrazine groups is 1. The summed E-state index contributed by atoms with van der Waals surface area (Å²) in [6.45, 7) is 2.52. The molecule has 1 aromatic heterocycles. The zero-order valence-electron chi connectivity index (χ0n) is 8.86. The monoisotopic (exact) mass is 228 g/mol. The van der Waals surface area contributed by atoms with E-state index in [0.29, 0.717) is 12.6 Å². The lowest BCUT2D eigenvalue weighted by Gasteiger charge is -2.10. The van der Waals surface area contributed by atoms with E-state index in [1.165, 1.54) is 0 Å². The summed E-state index contributed by atoms with van der Waals surface area (Å²) in [7, 11) is 1.65. The number of ether oxygens (including phenoxy) is 1. The van der Waals surface area contributed by atoms with Gasteiger partial charge in [-0.3, -0.25) is 5.43 Å². The maximum Gasteiger partial charge on any atom is 0.210 e. The van der Waals surface area contributed by atoms with E-state index in [4.69, 9.17) is 10.6 Å². The largest absolute Gasteiger partial charge is 0.382 e. The third-order valence-electron chi connectivity index (χ3n) is 1.68. The Morgan fingerprint density at radius 3 is 3.07 bits per heavy atom. The van der Waals surface area contributed by atoms with Crippen LogP contribution in [0.3, 0.4) is 0 Å². The molecule has 1 unspecified atom stereocenters. The van der Waals surface area contributed by atoms with E-state index in [2.05, 4.69) is 15.7 Å². The predicted octanol–water partition coefficient (Wildman–Crippen LogP) is 1.01. The van der Waals surface area contributed by atoms with Gasteiger partial charge in [0.25, 0.3) is 0 Å². The molecule has 0 aliphatic heterocycles. The topological polar surface area (TPSA) is 71.7 Å². The van der Waals surface area contributed by atoms with Gasteiger partial charge >= 0.3 is 0 Å². The van der Waals surface area contributed by atoms with Gasteiger partial charge in [-0.2, -0.15) is 11.3 Å². The SMILES string of the molecule is COCC(C)N=C(NN)Nc1ccsc1. The maximum atomic E-state index is 5.35. The number of nitrogens with two attached hydrogens (primary N) is 1. The Kier molecular flexibility index (Phi) is 5.09. The van der Waals surface area contributed by atoms with Crippen LogP contribution in [0.15, 0.2) is 21.8 Å². The quantitative estimate of drug-likeness (QED) is 0.311. The molecular formula is C9H16N4OS. The van der Waals surface area contributed by atoms with Crippen LogP contribution in [0, 0.1) is 0 Å². The summed E-state index contributed by atoms with van der Waals surface area (Å²) >= 11 is 1.61. The van der Waals surface area contributed by atoms with Gasteiger partial charge in [0.15, 0.2) is 0 Å². The molecule has 0 radical (unpaired) electrons. The van der Waals surface area contributed by atoms with Gasteiger partial charge in [-0.25, -0.2) is 10.8 Å². The van der Waals surface area contributed by atoms with Crippen LogP contribution >= 0.6 is 11.3 Å². The molecule has 1 atom stereocenters. The average Bonchev–Trinajstić information content (AvgIpc) is 2.70. The van der Waals surface area contributed by atoms with Crippen molar-refractivity contribution in [3.8, 4) is 0 Å². The molecule has 84 valence electrons. The highest BCUT2D eigenvalue weighted by atomic mass is 32.1. The van der Waals surface area contributed by atoms with E-state index in [-0.39, 0.29) is 6.04 Å². The smallest absolute Gasteiger partial charge is 0.210 e. The van der Waals surface area contributed by atoms with Crippen molar-refractivity contribution in [3.05, 3.63) is 16.8 Å². The van der Waals surface area contributed by atoms with Crippen molar-refractivity contribution in [2.45, 2.75) is 13.0 Å². The molecule has 4 N–H and O–H groups in total. The summed E-state index contributed by atoms with van der Waals surface area (Å²) in [5.74, 6) is 5.89. The molecule has 0 saturated heterocycles. The number of anilines is 1. The molecule has 0 aliphatic rings. The third kappa shape index (κ3) is 4.28. The first-order valence-electron chi connectivity index (χ1n) is 4.59. The second-order valence-corrected chi connectivity index (χ2v) is 3.84. The number of nitrogens with one attached hydrogen (secondary N) is 2. The van der Waals surface area contributed by atoms with Crippen LogP contribution in [0.1, 0.15) is 6.92 Å². The van der Waals surface area contributed by atoms with Crippen LogP contribution in [0.2, 0.25) is 0 Å². The van der Waals surface area contributed by atoms with Crippen LogP contribution in [-0.4, -0.2) is 25.7 Å². The van der Waals surface area contributed by atoms with Crippen molar-refractivity contribution in [1.82, 2.24) is 5.43 Å². The van der Waals surface area contributed by atoms with E-state index in [1.54, 1.807) is 18.4 Å². The van der Waals surface area contributed by atoms with E-state index >= 15 is 0 Å². The van der Waals surface area contributed by atoms with E-state index < -0.39 is 0 Å². The average molecular weight is 228 g/mol. The molecule has 0 aromatic carbocycles. The molecule has 0 saturated carbocycles. The summed E-state index contributed by atoms with van der Waals surface area (Å²) in [6, 6.07) is 2.02. The summed E-state index contributed by atoms with van der Waals surface area (Å²) in [5, 5.41) is 7.03. The Bertz CT molecular complexity index is 299. The molecule has 0 amide bonds. The minimum atomic E-state index is 0.0622. The van der Waals surface area contributed by atoms with Gasteiger partial charge in [0.2, 0.25) is 5.96 Å². The van der Waals surface area contributed by atoms with Crippen molar-refractivity contribution in [2.75, 3.05) is 19.0 Å². The second-order valence-electron chi connectivity index (χ2n) is 3.06. The first kappa shape index (κ1) is 12.0. The Hall–Kier alpha value is -1.11. The molecule has 0 aliphatic carbocycles. The number of guanidine groups is 1. The van der Waals surface area contributed by atoms with Gasteiger partial charge in [-0.15, -0.1) is 0 Å². The van der Waals surface area contributed by atoms with Gasteiger partial charge in [-0.05, 0) is 18.4 Å². The predicted molar refractivity (Wildman–Crippen MR) is 64.0 cm³/mol. The van der Waals surface area contributed by atoms with Crippen LogP contribution < -0.4 is 16.6 Å². The Balaban J connectivity index is 2.55.